The molecule has 0 fully saturated rings. The van der Waals surface area contributed by atoms with Gasteiger partial charge >= 0.3 is 25.5 Å². The summed E-state index contributed by atoms with van der Waals surface area (Å²) >= 11 is 0. The highest BCUT2D eigenvalue weighted by Gasteiger charge is 2.35. The zero-order valence-electron chi connectivity index (χ0n) is 35.2. The van der Waals surface area contributed by atoms with Crippen LogP contribution in [0.4, 0.5) is 4.79 Å². The van der Waals surface area contributed by atoms with Crippen molar-refractivity contribution in [3.8, 4) is 28.6 Å². The van der Waals surface area contributed by atoms with Crippen molar-refractivity contribution in [3.63, 3.8) is 0 Å². The Labute approximate surface area is 338 Å². The van der Waals surface area contributed by atoms with Crippen LogP contribution in [0.1, 0.15) is 100.0 Å². The number of H-pyrrole nitrogens is 1. The highest BCUT2D eigenvalue weighted by atomic mass is 31.2. The van der Waals surface area contributed by atoms with Crippen molar-refractivity contribution in [2.24, 2.45) is 7.05 Å². The predicted octanol–water partition coefficient (Wildman–Crippen LogP) is 6.57. The van der Waals surface area contributed by atoms with Gasteiger partial charge in [-0.25, -0.2) is 28.6 Å². The number of aromatic amines is 1. The number of alkyl carbamates (subject to hydrolysis) is 1. The predicted molar refractivity (Wildman–Crippen MR) is 220 cm³/mol. The van der Waals surface area contributed by atoms with E-state index in [4.69, 9.17) is 18.5 Å². The fraction of sp³-hybridized carbons (Fsp3) is 0.525. The minimum atomic E-state index is -4.52. The third-order valence-electron chi connectivity index (χ3n) is 8.62. The van der Waals surface area contributed by atoms with E-state index in [0.717, 1.165) is 10.9 Å². The maximum Gasteiger partial charge on any atom is 0.459 e. The molecule has 0 saturated heterocycles. The van der Waals surface area contributed by atoms with Crippen LogP contribution in [0, 0.1) is 0 Å². The number of aryl methyl sites for hydroxylation is 1. The molecule has 2 heterocycles. The molecular weight excluding hydrogens is 769 g/mol. The number of ether oxygens (including phenoxy) is 2. The molecule has 58 heavy (non-hydrogen) atoms. The fourth-order valence-electron chi connectivity index (χ4n) is 5.82. The number of carbonyl (C=O) groups is 3. The minimum Gasteiger partial charge on any atom is -0.508 e. The van der Waals surface area contributed by atoms with Gasteiger partial charge in [-0.2, -0.15) is 10.2 Å². The molecule has 2 amide bonds. The Bertz CT molecular complexity index is 2200. The molecule has 318 valence electrons. The molecular formula is C40H58N7O10P. The minimum absolute atomic E-state index is 0.0956. The molecule has 0 spiro atoms. The summed E-state index contributed by atoms with van der Waals surface area (Å²) in [6.45, 7) is 17.3. The number of amides is 2. The summed E-state index contributed by atoms with van der Waals surface area (Å²) in [4.78, 5) is 51.4. The van der Waals surface area contributed by atoms with Crippen LogP contribution in [0.5, 0.6) is 11.5 Å². The summed E-state index contributed by atoms with van der Waals surface area (Å²) in [7, 11) is -2.61. The Hall–Kier alpha value is -5.12. The number of nitrogens with one attached hydrogen (secondary N) is 4. The van der Waals surface area contributed by atoms with Crippen molar-refractivity contribution in [2.75, 3.05) is 13.2 Å². The highest BCUT2D eigenvalue weighted by molar-refractivity contribution is 7.52. The first kappa shape index (κ1) is 45.6. The number of hydrogen-bond donors (Lipinski definition) is 5. The molecule has 5 N–H and O–H groups in total. The number of phenols is 1. The molecule has 18 heteroatoms. The molecule has 0 aliphatic rings. The molecule has 0 bridgehead atoms. The number of fused-ring (bicyclic) bond motifs is 1. The van der Waals surface area contributed by atoms with E-state index in [1.54, 1.807) is 53.7 Å². The van der Waals surface area contributed by atoms with Crippen LogP contribution in [0.25, 0.3) is 28.0 Å². The van der Waals surface area contributed by atoms with Gasteiger partial charge in [0.2, 0.25) is 5.91 Å². The second kappa shape index (κ2) is 18.6. The molecule has 3 atom stereocenters. The van der Waals surface area contributed by atoms with Gasteiger partial charge < -0.3 is 34.3 Å². The maximum absolute atomic E-state index is 14.8. The van der Waals surface area contributed by atoms with Crippen LogP contribution in [-0.2, 0) is 35.2 Å². The summed E-state index contributed by atoms with van der Waals surface area (Å²) in [5.41, 5.74) is 0.146. The molecule has 0 saturated carbocycles. The first-order valence-corrected chi connectivity index (χ1v) is 20.8. The van der Waals surface area contributed by atoms with Crippen molar-refractivity contribution in [1.29, 1.82) is 0 Å². The second-order valence-corrected chi connectivity index (χ2v) is 18.1. The fourth-order valence-corrected chi connectivity index (χ4v) is 7.37. The van der Waals surface area contributed by atoms with E-state index in [9.17, 15) is 28.8 Å². The third kappa shape index (κ3) is 12.4. The summed E-state index contributed by atoms with van der Waals surface area (Å²) in [6.07, 6.45) is 2.86. The lowest BCUT2D eigenvalue weighted by Gasteiger charge is -2.26. The quantitative estimate of drug-likeness (QED) is 0.0434. The van der Waals surface area contributed by atoms with E-state index < -0.39 is 54.7 Å². The molecule has 0 radical (unpaired) electrons. The van der Waals surface area contributed by atoms with E-state index in [1.807, 2.05) is 49.9 Å². The van der Waals surface area contributed by atoms with E-state index >= 15 is 0 Å². The van der Waals surface area contributed by atoms with Gasteiger partial charge in [0, 0.05) is 36.8 Å². The third-order valence-corrected chi connectivity index (χ3v) is 10.3. The van der Waals surface area contributed by atoms with E-state index in [1.165, 1.54) is 24.5 Å². The summed E-state index contributed by atoms with van der Waals surface area (Å²) < 4.78 is 40.8. The number of esters is 1. The topological polar surface area (TPSA) is 217 Å². The number of benzene rings is 2. The maximum atomic E-state index is 14.8. The van der Waals surface area contributed by atoms with Crippen LogP contribution in [0.15, 0.2) is 47.4 Å². The Morgan fingerprint density at radius 2 is 1.62 bits per heavy atom. The van der Waals surface area contributed by atoms with Gasteiger partial charge in [0.1, 0.15) is 28.7 Å². The Morgan fingerprint density at radius 3 is 2.28 bits per heavy atom. The van der Waals surface area contributed by atoms with Crippen molar-refractivity contribution in [1.82, 2.24) is 35.1 Å². The first-order valence-electron chi connectivity index (χ1n) is 19.3. The summed E-state index contributed by atoms with van der Waals surface area (Å²) in [5.74, 6) is -1.78. The molecule has 0 aliphatic heterocycles. The van der Waals surface area contributed by atoms with Crippen LogP contribution in [0.2, 0.25) is 0 Å². The Kier molecular flexibility index (Phi) is 14.6. The lowest BCUT2D eigenvalue weighted by molar-refractivity contribution is -0.158. The molecule has 17 nitrogen and oxygen atoms in total. The van der Waals surface area contributed by atoms with Crippen molar-refractivity contribution in [2.45, 2.75) is 118 Å². The lowest BCUT2D eigenvalue weighted by Crippen LogP contribution is -2.48. The number of carbonyl (C=O) groups excluding carboxylic acids is 3. The zero-order chi connectivity index (χ0) is 43.2. The van der Waals surface area contributed by atoms with Crippen molar-refractivity contribution >= 4 is 36.6 Å². The number of aromatic hydroxyl groups is 1. The second-order valence-electron chi connectivity index (χ2n) is 16.4. The molecule has 0 aliphatic carbocycles. The van der Waals surface area contributed by atoms with Crippen molar-refractivity contribution < 1.29 is 42.6 Å². The molecule has 2 aromatic heterocycles. The number of unbranched alkanes of at least 4 members (excludes halogenated alkanes) is 2. The molecule has 3 unspecified atom stereocenters. The van der Waals surface area contributed by atoms with E-state index in [0.29, 0.717) is 37.1 Å². The number of rotatable bonds is 17. The monoisotopic (exact) mass is 827 g/mol. The normalized spacial score (nSPS) is 14.1. The van der Waals surface area contributed by atoms with Gasteiger partial charge in [0.15, 0.2) is 5.82 Å². The van der Waals surface area contributed by atoms with Gasteiger partial charge in [-0.1, -0.05) is 13.8 Å². The molecule has 4 rings (SSSR count). The molecule has 2 aromatic carbocycles. The van der Waals surface area contributed by atoms with Gasteiger partial charge in [-0.05, 0) is 116 Å². The summed E-state index contributed by atoms with van der Waals surface area (Å²) in [5, 5.41) is 26.8. The van der Waals surface area contributed by atoms with E-state index in [2.05, 4.69) is 25.9 Å². The lowest BCUT2D eigenvalue weighted by atomic mass is 9.98. The number of aromatic nitrogens is 4. The standard InChI is InChI=1S/C40H58N7O10P/c1-24(2)29-22-30(34-43-44-37(51)47(34)28-15-16-31-27(21-28)17-19-46(31)11)33(23-32(29)48)57-58(53,54-20-14-12-13-18-41-38(52)56-40(8,9)10)45-25(3)35(49)42-26(4)36(50)55-39(5,6)7/h15-17,19,21-26,48H,12-14,18,20H2,1-11H3,(H,41,52)(H,42,49)(H,44,51)(H,45,53). The van der Waals surface area contributed by atoms with Crippen LogP contribution in [0.3, 0.4) is 0 Å². The van der Waals surface area contributed by atoms with Crippen LogP contribution < -0.4 is 25.9 Å². The highest BCUT2D eigenvalue weighted by Crippen LogP contribution is 2.49. The molecule has 4 aromatic rings. The SMILES string of the molecule is CC(NP(=O)(OCCCCCNC(=O)OC(C)(C)C)Oc1cc(O)c(C(C)C)cc1-c1n[nH]c(=O)n1-c1ccc2c(ccn2C)c1)C(=O)NC(C)C(=O)OC(C)(C)C. The number of nitrogens with zero attached hydrogens (tertiary/aromatic N) is 3. The van der Waals surface area contributed by atoms with E-state index in [-0.39, 0.29) is 35.4 Å². The van der Waals surface area contributed by atoms with Crippen molar-refractivity contribution in [3.05, 3.63) is 58.6 Å². The van der Waals surface area contributed by atoms with Gasteiger partial charge in [0.05, 0.1) is 23.9 Å². The van der Waals surface area contributed by atoms with Gasteiger partial charge in [0.25, 0.3) is 0 Å². The van der Waals surface area contributed by atoms with Gasteiger partial charge in [-0.3, -0.25) is 9.32 Å². The summed E-state index contributed by atoms with van der Waals surface area (Å²) in [6, 6.07) is 7.98. The zero-order valence-corrected chi connectivity index (χ0v) is 36.1. The Morgan fingerprint density at radius 1 is 0.931 bits per heavy atom. The van der Waals surface area contributed by atoms with Crippen LogP contribution >= 0.6 is 7.75 Å². The first-order chi connectivity index (χ1) is 27.0. The number of hydrogen-bond acceptors (Lipinski definition) is 11. The average molecular weight is 828 g/mol. The van der Waals surface area contributed by atoms with Crippen LogP contribution in [-0.4, -0.2) is 78.8 Å². The largest absolute Gasteiger partial charge is 0.508 e. The average Bonchev–Trinajstić information content (AvgIpc) is 3.67. The smallest absolute Gasteiger partial charge is 0.459 e. The van der Waals surface area contributed by atoms with Gasteiger partial charge in [-0.15, -0.1) is 0 Å². The Balaban J connectivity index is 1.66. The number of phenolic OH excluding ortho intramolecular Hbond substituents is 1.